The molecule has 4 N–H and O–H groups in total. The number of hydrogen-bond donors (Lipinski definition) is 3. The average molecular weight is 391 g/mol. The van der Waals surface area contributed by atoms with Crippen molar-refractivity contribution in [3.63, 3.8) is 0 Å². The second kappa shape index (κ2) is 9.89. The highest BCUT2D eigenvalue weighted by atomic mass is 32.1. The van der Waals surface area contributed by atoms with Gasteiger partial charge in [0.15, 0.2) is 0 Å². The van der Waals surface area contributed by atoms with E-state index in [1.807, 2.05) is 25.9 Å². The van der Waals surface area contributed by atoms with Gasteiger partial charge in [0.1, 0.15) is 5.69 Å². The molecule has 3 amide bonds. The molecule has 0 fully saturated rings. The maximum atomic E-state index is 12.3. The van der Waals surface area contributed by atoms with Crippen molar-refractivity contribution >= 4 is 34.6 Å². The summed E-state index contributed by atoms with van der Waals surface area (Å²) in [4.78, 5) is 32.5. The van der Waals surface area contributed by atoms with E-state index in [1.165, 1.54) is 11.3 Å². The second-order valence-corrected chi connectivity index (χ2v) is 7.05. The molecule has 0 aromatic carbocycles. The minimum absolute atomic E-state index is 0.117. The molecule has 0 bridgehead atoms. The first-order valence-corrected chi connectivity index (χ1v) is 9.60. The topological polar surface area (TPSA) is 104 Å². The molecule has 0 saturated heterocycles. The number of pyridine rings is 1. The molecule has 0 saturated carbocycles. The Morgan fingerprint density at radius 2 is 2.00 bits per heavy atom. The second-order valence-electron chi connectivity index (χ2n) is 6.31. The zero-order valence-electron chi connectivity index (χ0n) is 15.9. The summed E-state index contributed by atoms with van der Waals surface area (Å²) in [6.45, 7) is 4.23. The van der Waals surface area contributed by atoms with Gasteiger partial charge in [-0.25, -0.2) is 4.79 Å². The fourth-order valence-corrected chi connectivity index (χ4v) is 2.98. The van der Waals surface area contributed by atoms with E-state index in [9.17, 15) is 9.59 Å². The number of amides is 3. The molecular formula is C18H26N6O2S. The van der Waals surface area contributed by atoms with Gasteiger partial charge in [-0.15, -0.1) is 11.3 Å². The maximum absolute atomic E-state index is 12.3. The van der Waals surface area contributed by atoms with Gasteiger partial charge in [-0.05, 0) is 32.6 Å². The van der Waals surface area contributed by atoms with E-state index >= 15 is 0 Å². The molecule has 0 aliphatic heterocycles. The molecule has 146 valence electrons. The van der Waals surface area contributed by atoms with Crippen molar-refractivity contribution in [2.24, 2.45) is 0 Å². The number of thiophene rings is 1. The van der Waals surface area contributed by atoms with Crippen molar-refractivity contribution in [2.75, 3.05) is 44.8 Å². The predicted molar refractivity (Wildman–Crippen MR) is 109 cm³/mol. The van der Waals surface area contributed by atoms with Gasteiger partial charge < -0.3 is 26.2 Å². The number of nitrogens with zero attached hydrogens (tertiary/aromatic N) is 3. The van der Waals surface area contributed by atoms with Gasteiger partial charge in [0, 0.05) is 43.1 Å². The Hall–Kier alpha value is -2.65. The van der Waals surface area contributed by atoms with Gasteiger partial charge in [0.05, 0.1) is 11.4 Å². The SMILES string of the molecule is CCNC(=O)N(CCN(C)C)Cc1ccc(C(=O)Nc2cscc2N)nc1. The zero-order valence-corrected chi connectivity index (χ0v) is 16.7. The Bertz CT molecular complexity index is 759. The molecule has 0 radical (unpaired) electrons. The fourth-order valence-electron chi connectivity index (χ4n) is 2.30. The average Bonchev–Trinajstić information content (AvgIpc) is 3.03. The molecule has 27 heavy (non-hydrogen) atoms. The molecule has 0 unspecified atom stereocenters. The van der Waals surface area contributed by atoms with E-state index in [4.69, 9.17) is 5.73 Å². The number of aromatic nitrogens is 1. The first kappa shape index (κ1) is 20.7. The fraction of sp³-hybridized carbons (Fsp3) is 0.389. The first-order chi connectivity index (χ1) is 12.9. The number of carbonyl (C=O) groups excluding carboxylic acids is 2. The van der Waals surface area contributed by atoms with Crippen molar-refractivity contribution in [1.29, 1.82) is 0 Å². The largest absolute Gasteiger partial charge is 0.396 e. The zero-order chi connectivity index (χ0) is 19.8. The molecule has 0 aliphatic carbocycles. The summed E-state index contributed by atoms with van der Waals surface area (Å²) in [6.07, 6.45) is 1.62. The number of nitrogen functional groups attached to an aromatic ring is 1. The number of hydrogen-bond acceptors (Lipinski definition) is 6. The summed E-state index contributed by atoms with van der Waals surface area (Å²) in [5.41, 5.74) is 8.04. The van der Waals surface area contributed by atoms with Crippen LogP contribution in [0.5, 0.6) is 0 Å². The van der Waals surface area contributed by atoms with E-state index in [1.54, 1.807) is 34.0 Å². The summed E-state index contributed by atoms with van der Waals surface area (Å²) in [7, 11) is 3.93. The van der Waals surface area contributed by atoms with Crippen LogP contribution in [-0.2, 0) is 6.54 Å². The van der Waals surface area contributed by atoms with E-state index < -0.39 is 0 Å². The molecule has 9 heteroatoms. The smallest absolute Gasteiger partial charge is 0.317 e. The Labute approximate surface area is 163 Å². The quantitative estimate of drug-likeness (QED) is 0.640. The summed E-state index contributed by atoms with van der Waals surface area (Å²) in [5.74, 6) is -0.320. The monoisotopic (exact) mass is 390 g/mol. The van der Waals surface area contributed by atoms with Crippen molar-refractivity contribution in [3.8, 4) is 0 Å². The van der Waals surface area contributed by atoms with Crippen LogP contribution in [0.3, 0.4) is 0 Å². The van der Waals surface area contributed by atoms with Gasteiger partial charge in [0.2, 0.25) is 0 Å². The van der Waals surface area contributed by atoms with Gasteiger partial charge in [-0.2, -0.15) is 0 Å². The standard InChI is InChI=1S/C18H26N6O2S/c1-4-20-18(26)24(8-7-23(2)3)10-13-5-6-15(21-9-13)17(25)22-16-12-27-11-14(16)19/h5-6,9,11-12H,4,7-8,10,19H2,1-3H3,(H,20,26)(H,22,25). The van der Waals surface area contributed by atoms with Crippen molar-refractivity contribution in [1.82, 2.24) is 20.1 Å². The van der Waals surface area contributed by atoms with Crippen LogP contribution < -0.4 is 16.4 Å². The van der Waals surface area contributed by atoms with E-state index in [-0.39, 0.29) is 11.9 Å². The summed E-state index contributed by atoms with van der Waals surface area (Å²) >= 11 is 1.42. The molecule has 2 rings (SSSR count). The van der Waals surface area contributed by atoms with E-state index in [2.05, 4.69) is 15.6 Å². The van der Waals surface area contributed by atoms with E-state index in [0.29, 0.717) is 36.7 Å². The highest BCUT2D eigenvalue weighted by Gasteiger charge is 2.15. The molecule has 2 heterocycles. The molecule has 8 nitrogen and oxygen atoms in total. The predicted octanol–water partition coefficient (Wildman–Crippen LogP) is 2.07. The third-order valence-corrected chi connectivity index (χ3v) is 4.57. The number of likely N-dealkylation sites (N-methyl/N-ethyl adjacent to an activating group) is 1. The lowest BCUT2D eigenvalue weighted by atomic mass is 10.2. The lowest BCUT2D eigenvalue weighted by molar-refractivity contribution is 0.102. The van der Waals surface area contributed by atoms with Gasteiger partial charge in [0.25, 0.3) is 5.91 Å². The number of carbonyl (C=O) groups is 2. The van der Waals surface area contributed by atoms with Crippen molar-refractivity contribution in [2.45, 2.75) is 13.5 Å². The summed E-state index contributed by atoms with van der Waals surface area (Å²) in [5, 5.41) is 9.09. The Morgan fingerprint density at radius 3 is 2.56 bits per heavy atom. The van der Waals surface area contributed by atoms with Gasteiger partial charge in [-0.1, -0.05) is 6.07 Å². The van der Waals surface area contributed by atoms with Crippen molar-refractivity contribution < 1.29 is 9.59 Å². The normalized spacial score (nSPS) is 10.7. The lowest BCUT2D eigenvalue weighted by Crippen LogP contribution is -2.42. The highest BCUT2D eigenvalue weighted by molar-refractivity contribution is 7.09. The Balaban J connectivity index is 2.02. The summed E-state index contributed by atoms with van der Waals surface area (Å²) in [6, 6.07) is 3.34. The number of nitrogens with one attached hydrogen (secondary N) is 2. The number of nitrogens with two attached hydrogens (primary N) is 1. The molecule has 0 spiro atoms. The van der Waals surface area contributed by atoms with E-state index in [0.717, 1.165) is 12.1 Å². The summed E-state index contributed by atoms with van der Waals surface area (Å²) < 4.78 is 0. The Morgan fingerprint density at radius 1 is 1.22 bits per heavy atom. The van der Waals surface area contributed by atoms with Crippen LogP contribution in [0.4, 0.5) is 16.2 Å². The third-order valence-electron chi connectivity index (χ3n) is 3.80. The van der Waals surface area contributed by atoms with Crippen LogP contribution in [-0.4, -0.2) is 60.5 Å². The Kier molecular flexibility index (Phi) is 7.56. The van der Waals surface area contributed by atoms with Crippen molar-refractivity contribution in [3.05, 3.63) is 40.3 Å². The van der Waals surface area contributed by atoms with Crippen LogP contribution in [0.1, 0.15) is 23.0 Å². The maximum Gasteiger partial charge on any atom is 0.317 e. The van der Waals surface area contributed by atoms with Crippen LogP contribution in [0.25, 0.3) is 0 Å². The first-order valence-electron chi connectivity index (χ1n) is 8.66. The van der Waals surface area contributed by atoms with Crippen LogP contribution in [0, 0.1) is 0 Å². The molecule has 2 aromatic heterocycles. The molecule has 2 aromatic rings. The highest BCUT2D eigenvalue weighted by Crippen LogP contribution is 2.23. The number of anilines is 2. The minimum atomic E-state index is -0.320. The number of urea groups is 1. The third kappa shape index (κ3) is 6.22. The number of rotatable bonds is 8. The van der Waals surface area contributed by atoms with Crippen LogP contribution >= 0.6 is 11.3 Å². The molecular weight excluding hydrogens is 364 g/mol. The van der Waals surface area contributed by atoms with Crippen LogP contribution in [0.15, 0.2) is 29.1 Å². The molecule has 0 aliphatic rings. The lowest BCUT2D eigenvalue weighted by Gasteiger charge is -2.24. The molecule has 0 atom stereocenters. The van der Waals surface area contributed by atoms with Gasteiger partial charge >= 0.3 is 6.03 Å². The van der Waals surface area contributed by atoms with Gasteiger partial charge in [-0.3, -0.25) is 9.78 Å². The van der Waals surface area contributed by atoms with Crippen LogP contribution in [0.2, 0.25) is 0 Å². The minimum Gasteiger partial charge on any atom is -0.396 e.